The Morgan fingerprint density at radius 1 is 1.32 bits per heavy atom. The van der Waals surface area contributed by atoms with Crippen molar-refractivity contribution in [3.05, 3.63) is 46.8 Å². The zero-order valence-electron chi connectivity index (χ0n) is 12.2. The molecule has 3 heterocycles. The summed E-state index contributed by atoms with van der Waals surface area (Å²) < 4.78 is 5.06. The van der Waals surface area contributed by atoms with Crippen LogP contribution in [-0.4, -0.2) is 21.0 Å². The summed E-state index contributed by atoms with van der Waals surface area (Å²) in [6.07, 6.45) is 1.93. The molecular weight excluding hydrogens is 300 g/mol. The summed E-state index contributed by atoms with van der Waals surface area (Å²) in [6, 6.07) is 5.63. The molecule has 1 N–H and O–H groups in total. The average molecular weight is 314 g/mol. The van der Waals surface area contributed by atoms with Crippen LogP contribution < -0.4 is 5.32 Å². The van der Waals surface area contributed by atoms with Gasteiger partial charge in [0.2, 0.25) is 5.91 Å². The van der Waals surface area contributed by atoms with E-state index in [1.54, 1.807) is 13.1 Å². The molecule has 3 aromatic rings. The number of carbonyl (C=O) groups is 1. The van der Waals surface area contributed by atoms with E-state index in [1.165, 1.54) is 11.3 Å². The summed E-state index contributed by atoms with van der Waals surface area (Å²) >= 11 is 1.37. The number of pyridine rings is 1. The first-order valence-corrected chi connectivity index (χ1v) is 7.60. The molecule has 0 radical (unpaired) electrons. The highest BCUT2D eigenvalue weighted by Gasteiger charge is 2.15. The van der Waals surface area contributed by atoms with Crippen molar-refractivity contribution in [3.63, 3.8) is 0 Å². The number of nitrogens with zero attached hydrogens (tertiary/aromatic N) is 3. The molecule has 3 rings (SSSR count). The molecule has 0 saturated heterocycles. The number of thiazole rings is 1. The number of carbonyl (C=O) groups excluding carboxylic acids is 1. The molecule has 6 nitrogen and oxygen atoms in total. The third kappa shape index (κ3) is 3.04. The van der Waals surface area contributed by atoms with E-state index in [0.29, 0.717) is 10.9 Å². The van der Waals surface area contributed by atoms with E-state index in [9.17, 15) is 4.79 Å². The van der Waals surface area contributed by atoms with Gasteiger partial charge in [-0.2, -0.15) is 0 Å². The first-order chi connectivity index (χ1) is 10.6. The van der Waals surface area contributed by atoms with Crippen molar-refractivity contribution < 1.29 is 9.32 Å². The van der Waals surface area contributed by atoms with E-state index in [0.717, 1.165) is 22.6 Å². The summed E-state index contributed by atoms with van der Waals surface area (Å²) in [5.41, 5.74) is 3.09. The summed E-state index contributed by atoms with van der Waals surface area (Å²) in [7, 11) is 0. The Hall–Kier alpha value is -2.54. The van der Waals surface area contributed by atoms with Gasteiger partial charge in [0, 0.05) is 17.1 Å². The van der Waals surface area contributed by atoms with Gasteiger partial charge in [0.25, 0.3) is 0 Å². The number of hydrogen-bond donors (Lipinski definition) is 1. The predicted octanol–water partition coefficient (Wildman–Crippen LogP) is 2.99. The molecule has 0 aromatic carbocycles. The monoisotopic (exact) mass is 314 g/mol. The SMILES string of the molecule is Cc1noc(C)c1CC(=O)Nc1nc(-c2ccccn2)cs1. The molecule has 0 aliphatic heterocycles. The van der Waals surface area contributed by atoms with Gasteiger partial charge >= 0.3 is 0 Å². The third-order valence-electron chi connectivity index (χ3n) is 3.20. The Morgan fingerprint density at radius 3 is 2.86 bits per heavy atom. The van der Waals surface area contributed by atoms with Gasteiger partial charge in [-0.05, 0) is 26.0 Å². The fourth-order valence-corrected chi connectivity index (χ4v) is 2.76. The minimum absolute atomic E-state index is 0.142. The molecular formula is C15H14N4O2S. The zero-order valence-corrected chi connectivity index (χ0v) is 13.0. The lowest BCUT2D eigenvalue weighted by Crippen LogP contribution is -2.15. The number of amides is 1. The highest BCUT2D eigenvalue weighted by Crippen LogP contribution is 2.23. The van der Waals surface area contributed by atoms with Crippen LogP contribution in [0.4, 0.5) is 5.13 Å². The van der Waals surface area contributed by atoms with Crippen LogP contribution in [0.3, 0.4) is 0 Å². The number of rotatable bonds is 4. The largest absolute Gasteiger partial charge is 0.361 e. The van der Waals surface area contributed by atoms with Crippen molar-refractivity contribution in [2.45, 2.75) is 20.3 Å². The molecule has 0 fully saturated rings. The highest BCUT2D eigenvalue weighted by atomic mass is 32.1. The van der Waals surface area contributed by atoms with Gasteiger partial charge in [-0.15, -0.1) is 11.3 Å². The normalized spacial score (nSPS) is 10.6. The maximum atomic E-state index is 12.1. The van der Waals surface area contributed by atoms with Crippen molar-refractivity contribution in [3.8, 4) is 11.4 Å². The van der Waals surface area contributed by atoms with Crippen molar-refractivity contribution in [1.29, 1.82) is 0 Å². The number of nitrogens with one attached hydrogen (secondary N) is 1. The Kier molecular flexibility index (Phi) is 3.97. The Bertz CT molecular complexity index is 775. The van der Waals surface area contributed by atoms with Gasteiger partial charge in [-0.1, -0.05) is 11.2 Å². The summed E-state index contributed by atoms with van der Waals surface area (Å²) in [4.78, 5) is 20.7. The number of anilines is 1. The summed E-state index contributed by atoms with van der Waals surface area (Å²) in [5, 5.41) is 9.06. The average Bonchev–Trinajstić information content (AvgIpc) is 3.10. The Balaban J connectivity index is 1.69. The van der Waals surface area contributed by atoms with Crippen molar-refractivity contribution >= 4 is 22.4 Å². The molecule has 0 bridgehead atoms. The molecule has 0 unspecified atom stereocenters. The highest BCUT2D eigenvalue weighted by molar-refractivity contribution is 7.14. The van der Waals surface area contributed by atoms with Crippen LogP contribution in [0.25, 0.3) is 11.4 Å². The second-order valence-electron chi connectivity index (χ2n) is 4.78. The maximum Gasteiger partial charge on any atom is 0.230 e. The fraction of sp³-hybridized carbons (Fsp3) is 0.200. The minimum atomic E-state index is -0.142. The van der Waals surface area contributed by atoms with E-state index in [1.807, 2.05) is 30.5 Å². The summed E-state index contributed by atoms with van der Waals surface area (Å²) in [6.45, 7) is 3.62. The molecule has 0 saturated carbocycles. The maximum absolute atomic E-state index is 12.1. The van der Waals surface area contributed by atoms with Gasteiger partial charge in [0.1, 0.15) is 11.5 Å². The van der Waals surface area contributed by atoms with Gasteiger partial charge in [0.05, 0.1) is 17.8 Å². The smallest absolute Gasteiger partial charge is 0.230 e. The van der Waals surface area contributed by atoms with E-state index in [-0.39, 0.29) is 12.3 Å². The minimum Gasteiger partial charge on any atom is -0.361 e. The van der Waals surface area contributed by atoms with Crippen molar-refractivity contribution in [2.24, 2.45) is 0 Å². The molecule has 3 aromatic heterocycles. The molecule has 0 atom stereocenters. The standard InChI is InChI=1S/C15H14N4O2S/c1-9-11(10(2)21-19-9)7-14(20)18-15-17-13(8-22-15)12-5-3-4-6-16-12/h3-6,8H,7H2,1-2H3,(H,17,18,20). The van der Waals surface area contributed by atoms with Gasteiger partial charge in [0.15, 0.2) is 5.13 Å². The number of aryl methyl sites for hydroxylation is 2. The van der Waals surface area contributed by atoms with Crippen LogP contribution in [0.2, 0.25) is 0 Å². The second kappa shape index (κ2) is 6.07. The lowest BCUT2D eigenvalue weighted by atomic mass is 10.1. The van der Waals surface area contributed by atoms with Crippen LogP contribution in [0, 0.1) is 13.8 Å². The molecule has 0 aliphatic carbocycles. The summed E-state index contributed by atoms with van der Waals surface area (Å²) in [5.74, 6) is 0.525. The molecule has 1 amide bonds. The molecule has 0 spiro atoms. The third-order valence-corrected chi connectivity index (χ3v) is 3.95. The quantitative estimate of drug-likeness (QED) is 0.800. The van der Waals surface area contributed by atoms with E-state index < -0.39 is 0 Å². The van der Waals surface area contributed by atoms with Crippen molar-refractivity contribution in [1.82, 2.24) is 15.1 Å². The lowest BCUT2D eigenvalue weighted by Gasteiger charge is -2.01. The predicted molar refractivity (Wildman–Crippen MR) is 83.7 cm³/mol. The molecule has 7 heteroatoms. The number of hydrogen-bond acceptors (Lipinski definition) is 6. The van der Waals surface area contributed by atoms with E-state index >= 15 is 0 Å². The van der Waals surface area contributed by atoms with Crippen LogP contribution in [-0.2, 0) is 11.2 Å². The fourth-order valence-electron chi connectivity index (χ4n) is 2.04. The van der Waals surface area contributed by atoms with E-state index in [4.69, 9.17) is 4.52 Å². The van der Waals surface area contributed by atoms with Crippen LogP contribution in [0.1, 0.15) is 17.0 Å². The lowest BCUT2D eigenvalue weighted by molar-refractivity contribution is -0.115. The van der Waals surface area contributed by atoms with Gasteiger partial charge < -0.3 is 9.84 Å². The first-order valence-electron chi connectivity index (χ1n) is 6.72. The Morgan fingerprint density at radius 2 is 2.18 bits per heavy atom. The zero-order chi connectivity index (χ0) is 15.5. The van der Waals surface area contributed by atoms with Crippen LogP contribution in [0.5, 0.6) is 0 Å². The topological polar surface area (TPSA) is 80.9 Å². The van der Waals surface area contributed by atoms with Crippen LogP contribution >= 0.6 is 11.3 Å². The van der Waals surface area contributed by atoms with E-state index in [2.05, 4.69) is 20.4 Å². The van der Waals surface area contributed by atoms with Crippen molar-refractivity contribution in [2.75, 3.05) is 5.32 Å². The van der Waals surface area contributed by atoms with Gasteiger partial charge in [-0.25, -0.2) is 4.98 Å². The number of aromatic nitrogens is 3. The Labute approximate surface area is 131 Å². The molecule has 22 heavy (non-hydrogen) atoms. The molecule has 0 aliphatic rings. The second-order valence-corrected chi connectivity index (χ2v) is 5.64. The molecule has 112 valence electrons. The first kappa shape index (κ1) is 14.4. The van der Waals surface area contributed by atoms with Crippen LogP contribution in [0.15, 0.2) is 34.3 Å². The van der Waals surface area contributed by atoms with Gasteiger partial charge in [-0.3, -0.25) is 9.78 Å².